The molecule has 0 bridgehead atoms. The Morgan fingerprint density at radius 2 is 1.37 bits per heavy atom. The Bertz CT molecular complexity index is 3680. The molecule has 1 spiro atoms. The normalized spacial score (nSPS) is 23.4. The minimum atomic E-state index is -1.60. The lowest BCUT2D eigenvalue weighted by atomic mass is 9.77. The number of carbonyl (C=O) groups is 12. The third-order valence-electron chi connectivity index (χ3n) is 19.2. The van der Waals surface area contributed by atoms with Crippen LogP contribution in [0.4, 0.5) is 5.69 Å². The standard InChI is InChI=1S/C68H84N12O18S/c1-38-62(92)79-31-12-16-51(79)65(95)80-32-11-15-50(80)64(94)75(36-54(84)73-47(59(69)89)24-25-57(87)88)27-7-3-4-8-28-76(37-56(86)77-29-9-13-48(77)60(90)74-58(39(2)81)61(91)71-38)63(93)49-14-10-30-78(49)55(85)17-5-6-26-70-67(99)72-40-18-21-43-46(33-40)68(98-66(43)96)44-22-19-41(82)34-52(44)97-53-35-42(83)20-23-45(53)68/h3,7,18-23,33-35,38-39,47-51,58,81-83H,4-6,8-17,24-32,36-37H2,1-2H3,(H2,69,89)(H,71,91)(H,73,84)(H,74,90)(H,87,88)(H2,70,72,99)/t38-,39+,47-,48-,49-,50-,51-,58-/m0/s1. The quantitative estimate of drug-likeness (QED) is 0.0444. The highest BCUT2D eigenvalue weighted by molar-refractivity contribution is 7.80. The van der Waals surface area contributed by atoms with Gasteiger partial charge in [0, 0.05) is 93.2 Å². The molecule has 99 heavy (non-hydrogen) atoms. The average molecular weight is 1390 g/mol. The number of fused-ring (bicyclic) bond motifs is 9. The minimum absolute atomic E-state index is 0.0158. The number of hydrogen-bond donors (Lipinski definition) is 10. The van der Waals surface area contributed by atoms with Crippen molar-refractivity contribution in [2.24, 2.45) is 5.73 Å². The first-order chi connectivity index (χ1) is 47.3. The smallest absolute Gasteiger partial charge is 0.340 e. The number of rotatable bonds is 15. The molecular weight excluding hydrogens is 1300 g/mol. The third kappa shape index (κ3) is 16.0. The summed E-state index contributed by atoms with van der Waals surface area (Å²) >= 11 is 5.68. The van der Waals surface area contributed by atoms with Crippen LogP contribution < -0.4 is 37.1 Å². The number of esters is 1. The summed E-state index contributed by atoms with van der Waals surface area (Å²) in [6.45, 7) is 2.32. The van der Waals surface area contributed by atoms with E-state index in [9.17, 15) is 78.0 Å². The van der Waals surface area contributed by atoms with Crippen molar-refractivity contribution in [1.82, 2.24) is 50.7 Å². The average Bonchev–Trinajstić information content (AvgIpc) is 1.54. The van der Waals surface area contributed by atoms with Gasteiger partial charge in [-0.2, -0.15) is 0 Å². The van der Waals surface area contributed by atoms with E-state index in [2.05, 4.69) is 26.6 Å². The molecule has 10 amide bonds. The van der Waals surface area contributed by atoms with Gasteiger partial charge in [-0.3, -0.25) is 52.7 Å². The maximum absolute atomic E-state index is 14.9. The van der Waals surface area contributed by atoms with Gasteiger partial charge >= 0.3 is 11.9 Å². The van der Waals surface area contributed by atoms with Gasteiger partial charge in [-0.1, -0.05) is 12.2 Å². The van der Waals surface area contributed by atoms with Crippen LogP contribution >= 0.6 is 12.2 Å². The molecule has 7 heterocycles. The van der Waals surface area contributed by atoms with Gasteiger partial charge in [0.1, 0.15) is 65.3 Å². The fourth-order valence-corrected chi connectivity index (χ4v) is 14.5. The number of nitrogens with zero attached hydrogens (tertiary/aromatic N) is 6. The number of hydrogen-bond acceptors (Lipinski definition) is 18. The second-order valence-corrected chi connectivity index (χ2v) is 26.4. The summed E-state index contributed by atoms with van der Waals surface area (Å²) in [6.07, 6.45) is 5.03. The number of anilines is 1. The van der Waals surface area contributed by atoms with Crippen LogP contribution in [-0.4, -0.2) is 233 Å². The highest BCUT2D eigenvalue weighted by Gasteiger charge is 2.54. The molecule has 11 N–H and O–H groups in total. The number of carboxylic acids is 1. The van der Waals surface area contributed by atoms with Crippen molar-refractivity contribution in [2.45, 2.75) is 164 Å². The van der Waals surface area contributed by atoms with Crippen molar-refractivity contribution in [3.8, 4) is 23.0 Å². The van der Waals surface area contributed by atoms with Gasteiger partial charge in [-0.05, 0) is 152 Å². The number of nitrogens with two attached hydrogens (primary N) is 1. The summed E-state index contributed by atoms with van der Waals surface area (Å²) in [5.41, 5.74) is 6.18. The van der Waals surface area contributed by atoms with Gasteiger partial charge in [0.2, 0.25) is 59.1 Å². The van der Waals surface area contributed by atoms with Crippen molar-refractivity contribution in [2.75, 3.05) is 64.2 Å². The lowest BCUT2D eigenvalue weighted by Gasteiger charge is -2.36. The number of benzene rings is 3. The Hall–Kier alpha value is -9.91. The molecule has 0 saturated carbocycles. The van der Waals surface area contributed by atoms with Crippen LogP contribution in [0.5, 0.6) is 23.0 Å². The van der Waals surface area contributed by atoms with Gasteiger partial charge in [-0.25, -0.2) is 4.79 Å². The second-order valence-electron chi connectivity index (χ2n) is 26.0. The Morgan fingerprint density at radius 1 is 0.727 bits per heavy atom. The van der Waals surface area contributed by atoms with Crippen molar-refractivity contribution in [3.63, 3.8) is 0 Å². The maximum Gasteiger partial charge on any atom is 0.340 e. The molecule has 4 fully saturated rings. The topological polar surface area (TPSA) is 410 Å². The second kappa shape index (κ2) is 31.3. The van der Waals surface area contributed by atoms with E-state index in [0.717, 1.165) is 0 Å². The minimum Gasteiger partial charge on any atom is -0.508 e. The van der Waals surface area contributed by atoms with E-state index in [1.165, 1.54) is 67.5 Å². The van der Waals surface area contributed by atoms with E-state index >= 15 is 0 Å². The first-order valence-electron chi connectivity index (χ1n) is 33.6. The molecule has 7 aliphatic heterocycles. The zero-order chi connectivity index (χ0) is 71.0. The number of aliphatic carboxylic acids is 1. The molecule has 10 rings (SSSR count). The monoisotopic (exact) mass is 1390 g/mol. The molecule has 8 atom stereocenters. The predicted octanol–water partition coefficient (Wildman–Crippen LogP) is 1.30. The molecule has 0 unspecified atom stereocenters. The van der Waals surface area contributed by atoms with Gasteiger partial charge < -0.3 is 91.6 Å². The van der Waals surface area contributed by atoms with Gasteiger partial charge in [0.25, 0.3) is 0 Å². The van der Waals surface area contributed by atoms with Crippen LogP contribution in [0.25, 0.3) is 0 Å². The van der Waals surface area contributed by atoms with Crippen LogP contribution in [0.1, 0.15) is 137 Å². The summed E-state index contributed by atoms with van der Waals surface area (Å²) in [6, 6.07) is 5.51. The molecular formula is C68H84N12O18S. The third-order valence-corrected chi connectivity index (χ3v) is 19.4. The first kappa shape index (κ1) is 71.9. The fourth-order valence-electron chi connectivity index (χ4n) is 14.3. The zero-order valence-electron chi connectivity index (χ0n) is 55.1. The lowest BCUT2D eigenvalue weighted by Crippen LogP contribution is -2.60. The summed E-state index contributed by atoms with van der Waals surface area (Å²) in [4.78, 5) is 174. The Balaban J connectivity index is 0.817. The largest absolute Gasteiger partial charge is 0.508 e. The number of nitrogens with one attached hydrogen (secondary N) is 5. The Labute approximate surface area is 575 Å². The van der Waals surface area contributed by atoms with Crippen LogP contribution in [0.15, 0.2) is 66.7 Å². The molecule has 0 aliphatic carbocycles. The molecule has 3 aromatic rings. The number of thiocarbonyl (C=S) groups is 1. The number of primary amides is 1. The summed E-state index contributed by atoms with van der Waals surface area (Å²) in [5, 5.41) is 55.0. The Kier molecular flexibility index (Phi) is 22.7. The van der Waals surface area contributed by atoms with E-state index in [-0.39, 0.29) is 124 Å². The number of phenols is 2. The molecule has 7 aliphatic rings. The van der Waals surface area contributed by atoms with E-state index in [4.69, 9.17) is 27.4 Å². The molecule has 3 aromatic carbocycles. The van der Waals surface area contributed by atoms with Crippen LogP contribution in [0.3, 0.4) is 0 Å². The highest BCUT2D eigenvalue weighted by atomic mass is 32.1. The molecule has 0 aromatic heterocycles. The van der Waals surface area contributed by atoms with Crippen molar-refractivity contribution < 1.29 is 87.4 Å². The number of ether oxygens (including phenoxy) is 2. The number of carboxylic acid groups (broad SMARTS) is 1. The summed E-state index contributed by atoms with van der Waals surface area (Å²) < 4.78 is 12.3. The highest BCUT2D eigenvalue weighted by Crippen LogP contribution is 2.57. The number of amides is 10. The lowest BCUT2D eigenvalue weighted by molar-refractivity contribution is -0.150. The van der Waals surface area contributed by atoms with E-state index < -0.39 is 139 Å². The number of aliphatic hydroxyl groups is 1. The van der Waals surface area contributed by atoms with Crippen molar-refractivity contribution in [1.29, 1.82) is 0 Å². The first-order valence-corrected chi connectivity index (χ1v) is 34.0. The van der Waals surface area contributed by atoms with Crippen LogP contribution in [0, 0.1) is 0 Å². The number of carbonyl (C=O) groups excluding carboxylic acids is 11. The number of likely N-dealkylation sites (tertiary alicyclic amines) is 1. The number of allylic oxidation sites excluding steroid dienone is 1. The van der Waals surface area contributed by atoms with Crippen molar-refractivity contribution in [3.05, 3.63) is 89.0 Å². The molecule has 0 radical (unpaired) electrons. The maximum atomic E-state index is 14.9. The fraction of sp³-hybridized carbons (Fsp3) is 0.515. The van der Waals surface area contributed by atoms with Crippen molar-refractivity contribution >= 4 is 94.0 Å². The molecule has 30 nitrogen and oxygen atoms in total. The number of phenolic OH excluding ortho intramolecular Hbond substituents is 2. The van der Waals surface area contributed by atoms with Gasteiger partial charge in [-0.15, -0.1) is 0 Å². The molecule has 31 heteroatoms. The SMILES string of the molecule is C[C@@H]1NC(=O)[C@H]([C@@H](C)O)NC(=O)[C@@H]2CCCN2C(=O)CN(C(=O)[C@@H]2CCCN2C(=O)CCCCNC(=S)Nc2ccc3c(c2)C2(OC3=O)c3ccc(O)cc3Oc3cc(O)ccc32)CCCC=CCN(CC(=O)N[C@@H](CCC(=O)O)C(N)=O)C(=O)[C@@H]2CCCN2C(=O)[C@@H]2CCCN2C1=O. The van der Waals surface area contributed by atoms with Crippen LogP contribution in [-0.2, 0) is 63.1 Å². The number of aromatic hydroxyl groups is 2. The van der Waals surface area contributed by atoms with Gasteiger partial charge in [0.15, 0.2) is 10.7 Å². The van der Waals surface area contributed by atoms with Crippen LogP contribution in [0.2, 0.25) is 0 Å². The molecule has 4 saturated heterocycles. The van der Waals surface area contributed by atoms with E-state index in [1.807, 2.05) is 0 Å². The Morgan fingerprint density at radius 3 is 2.04 bits per heavy atom. The zero-order valence-corrected chi connectivity index (χ0v) is 55.9. The van der Waals surface area contributed by atoms with E-state index in [1.54, 1.807) is 42.5 Å². The summed E-state index contributed by atoms with van der Waals surface area (Å²) in [7, 11) is 0. The predicted molar refractivity (Wildman–Crippen MR) is 356 cm³/mol. The number of aliphatic hydroxyl groups excluding tert-OH is 1. The van der Waals surface area contributed by atoms with E-state index in [0.29, 0.717) is 73.9 Å². The molecule has 530 valence electrons. The number of unbranched alkanes of at least 4 members (excludes halogenated alkanes) is 1. The van der Waals surface area contributed by atoms with Gasteiger partial charge in [0.05, 0.1) is 24.8 Å². The summed E-state index contributed by atoms with van der Waals surface area (Å²) in [5.74, 6) is -8.24.